The standard InChI is InChI=1S/C48H28O2/c1-2-14-33-29(11-1)23-25-40-45(32-24-26-44-41(28-32)36-16-6-7-21-42(36)49-44)37-17-3-4-18-38(37)46(47(33)40)31-13-9-12-30(27-31)34-19-10-20-39-35-15-5-8-22-43(35)50-48(34)39/h1-28H. The Hall–Kier alpha value is -6.64. The Labute approximate surface area is 287 Å². The van der Waals surface area contributed by atoms with Gasteiger partial charge in [-0.1, -0.05) is 140 Å². The Morgan fingerprint density at radius 2 is 0.900 bits per heavy atom. The maximum Gasteiger partial charge on any atom is 0.143 e. The summed E-state index contributed by atoms with van der Waals surface area (Å²) in [5.74, 6) is 0. The lowest BCUT2D eigenvalue weighted by atomic mass is 9.83. The smallest absolute Gasteiger partial charge is 0.143 e. The zero-order chi connectivity index (χ0) is 32.8. The second kappa shape index (κ2) is 10.4. The molecular weight excluding hydrogens is 609 g/mol. The summed E-state index contributed by atoms with van der Waals surface area (Å²) in [6.07, 6.45) is 0. The zero-order valence-electron chi connectivity index (χ0n) is 27.0. The summed E-state index contributed by atoms with van der Waals surface area (Å²) in [6, 6.07) is 61.0. The number of rotatable bonds is 3. The fourth-order valence-electron chi connectivity index (χ4n) is 8.26. The van der Waals surface area contributed by atoms with Crippen LogP contribution in [-0.4, -0.2) is 0 Å². The van der Waals surface area contributed by atoms with Crippen LogP contribution in [0.5, 0.6) is 0 Å². The molecule has 9 aromatic carbocycles. The highest BCUT2D eigenvalue weighted by Gasteiger charge is 2.20. The lowest BCUT2D eigenvalue weighted by molar-refractivity contribution is 0.669. The molecule has 0 bridgehead atoms. The van der Waals surface area contributed by atoms with E-state index >= 15 is 0 Å². The van der Waals surface area contributed by atoms with Crippen molar-refractivity contribution in [1.29, 1.82) is 0 Å². The van der Waals surface area contributed by atoms with E-state index in [-0.39, 0.29) is 0 Å². The number of hydrogen-bond donors (Lipinski definition) is 0. The summed E-state index contributed by atoms with van der Waals surface area (Å²) in [5.41, 5.74) is 10.7. The van der Waals surface area contributed by atoms with Crippen LogP contribution in [0.1, 0.15) is 0 Å². The van der Waals surface area contributed by atoms with Crippen molar-refractivity contribution in [3.8, 4) is 33.4 Å². The van der Waals surface area contributed by atoms with E-state index in [0.717, 1.165) is 55.0 Å². The second-order valence-corrected chi connectivity index (χ2v) is 13.2. The predicted octanol–water partition coefficient (Wildman–Crippen LogP) is 13.9. The SMILES string of the molecule is c1cc(-c2cccc3c2oc2ccccc23)cc(-c2c3ccccc3c(-c3ccc4oc5ccccc5c4c3)c3ccc4ccccc4c23)c1. The van der Waals surface area contributed by atoms with Crippen molar-refractivity contribution in [2.45, 2.75) is 0 Å². The molecule has 0 aliphatic carbocycles. The summed E-state index contributed by atoms with van der Waals surface area (Å²) in [7, 11) is 0. The molecule has 0 aliphatic rings. The molecule has 11 aromatic rings. The molecule has 0 atom stereocenters. The number of fused-ring (bicyclic) bond motifs is 10. The maximum atomic E-state index is 6.49. The lowest BCUT2D eigenvalue weighted by Gasteiger charge is -2.20. The molecule has 0 aliphatic heterocycles. The number of furan rings is 2. The molecule has 2 nitrogen and oxygen atoms in total. The van der Waals surface area contributed by atoms with E-state index in [1.54, 1.807) is 0 Å². The monoisotopic (exact) mass is 636 g/mol. The molecule has 2 heterocycles. The number of benzene rings is 9. The molecule has 0 fully saturated rings. The van der Waals surface area contributed by atoms with Gasteiger partial charge in [-0.05, 0) is 90.5 Å². The van der Waals surface area contributed by atoms with E-state index in [1.165, 1.54) is 54.6 Å². The summed E-state index contributed by atoms with van der Waals surface area (Å²) in [4.78, 5) is 0. The second-order valence-electron chi connectivity index (χ2n) is 13.2. The van der Waals surface area contributed by atoms with E-state index in [2.05, 4.69) is 146 Å². The first-order valence-electron chi connectivity index (χ1n) is 17.1. The van der Waals surface area contributed by atoms with Gasteiger partial charge < -0.3 is 8.83 Å². The first-order chi connectivity index (χ1) is 24.8. The van der Waals surface area contributed by atoms with Gasteiger partial charge in [-0.3, -0.25) is 0 Å². The highest BCUT2D eigenvalue weighted by Crippen LogP contribution is 2.48. The summed E-state index contributed by atoms with van der Waals surface area (Å²) < 4.78 is 12.7. The summed E-state index contributed by atoms with van der Waals surface area (Å²) in [6.45, 7) is 0. The quantitative estimate of drug-likeness (QED) is 0.142. The van der Waals surface area contributed by atoms with Crippen LogP contribution in [0.3, 0.4) is 0 Å². The average Bonchev–Trinajstić information content (AvgIpc) is 3.75. The molecule has 232 valence electrons. The molecule has 2 heteroatoms. The molecule has 11 rings (SSSR count). The van der Waals surface area contributed by atoms with Gasteiger partial charge in [0.05, 0.1) is 0 Å². The van der Waals surface area contributed by atoms with Crippen LogP contribution < -0.4 is 0 Å². The first-order valence-corrected chi connectivity index (χ1v) is 17.1. The zero-order valence-corrected chi connectivity index (χ0v) is 27.0. The van der Waals surface area contributed by atoms with Gasteiger partial charge in [0.1, 0.15) is 22.3 Å². The van der Waals surface area contributed by atoms with Crippen LogP contribution in [0.25, 0.3) is 110 Å². The fraction of sp³-hybridized carbons (Fsp3) is 0. The lowest BCUT2D eigenvalue weighted by Crippen LogP contribution is -1.92. The van der Waals surface area contributed by atoms with E-state index < -0.39 is 0 Å². The van der Waals surface area contributed by atoms with Gasteiger partial charge in [0.15, 0.2) is 0 Å². The molecular formula is C48H28O2. The van der Waals surface area contributed by atoms with Crippen LogP contribution in [0.15, 0.2) is 179 Å². The fourth-order valence-corrected chi connectivity index (χ4v) is 8.26. The Balaban J connectivity index is 1.23. The van der Waals surface area contributed by atoms with Gasteiger partial charge >= 0.3 is 0 Å². The van der Waals surface area contributed by atoms with Crippen LogP contribution in [0.2, 0.25) is 0 Å². The third-order valence-corrected chi connectivity index (χ3v) is 10.4. The molecule has 0 amide bonds. The van der Waals surface area contributed by atoms with Crippen molar-refractivity contribution in [3.05, 3.63) is 170 Å². The van der Waals surface area contributed by atoms with Crippen molar-refractivity contribution in [2.75, 3.05) is 0 Å². The van der Waals surface area contributed by atoms with Gasteiger partial charge in [0.25, 0.3) is 0 Å². The molecule has 50 heavy (non-hydrogen) atoms. The third-order valence-electron chi connectivity index (χ3n) is 10.4. The third kappa shape index (κ3) is 3.90. The molecule has 0 radical (unpaired) electrons. The molecule has 0 saturated heterocycles. The van der Waals surface area contributed by atoms with Gasteiger partial charge in [0, 0.05) is 27.1 Å². The van der Waals surface area contributed by atoms with Crippen LogP contribution >= 0.6 is 0 Å². The molecule has 0 unspecified atom stereocenters. The Morgan fingerprint density at radius 1 is 0.300 bits per heavy atom. The Kier molecular flexibility index (Phi) is 5.70. The minimum absolute atomic E-state index is 0.905. The van der Waals surface area contributed by atoms with Gasteiger partial charge in [-0.25, -0.2) is 0 Å². The largest absolute Gasteiger partial charge is 0.456 e. The Bertz CT molecular complexity index is 3160. The van der Waals surface area contributed by atoms with E-state index in [9.17, 15) is 0 Å². The van der Waals surface area contributed by atoms with Crippen LogP contribution in [-0.2, 0) is 0 Å². The van der Waals surface area contributed by atoms with Crippen LogP contribution in [0, 0.1) is 0 Å². The first kappa shape index (κ1) is 27.3. The maximum absolute atomic E-state index is 6.49. The molecule has 0 spiro atoms. The Morgan fingerprint density at radius 3 is 1.74 bits per heavy atom. The van der Waals surface area contributed by atoms with Crippen molar-refractivity contribution in [3.63, 3.8) is 0 Å². The van der Waals surface area contributed by atoms with Gasteiger partial charge in [-0.15, -0.1) is 0 Å². The topological polar surface area (TPSA) is 26.3 Å². The normalized spacial score (nSPS) is 12.0. The highest BCUT2D eigenvalue weighted by molar-refractivity contribution is 6.28. The minimum atomic E-state index is 0.905. The van der Waals surface area contributed by atoms with Crippen molar-refractivity contribution < 1.29 is 8.83 Å². The molecule has 0 N–H and O–H groups in total. The molecule has 0 saturated carbocycles. The van der Waals surface area contributed by atoms with E-state index in [1.807, 2.05) is 24.3 Å². The van der Waals surface area contributed by atoms with E-state index in [0.29, 0.717) is 0 Å². The highest BCUT2D eigenvalue weighted by atomic mass is 16.3. The van der Waals surface area contributed by atoms with Crippen molar-refractivity contribution in [1.82, 2.24) is 0 Å². The number of para-hydroxylation sites is 3. The van der Waals surface area contributed by atoms with Crippen molar-refractivity contribution in [2.24, 2.45) is 0 Å². The molecule has 2 aromatic heterocycles. The summed E-state index contributed by atoms with van der Waals surface area (Å²) >= 11 is 0. The van der Waals surface area contributed by atoms with Gasteiger partial charge in [0.2, 0.25) is 0 Å². The predicted molar refractivity (Wildman–Crippen MR) is 210 cm³/mol. The minimum Gasteiger partial charge on any atom is -0.456 e. The number of hydrogen-bond acceptors (Lipinski definition) is 2. The van der Waals surface area contributed by atoms with E-state index in [4.69, 9.17) is 8.83 Å². The van der Waals surface area contributed by atoms with Crippen LogP contribution in [0.4, 0.5) is 0 Å². The average molecular weight is 637 g/mol. The summed E-state index contributed by atoms with van der Waals surface area (Å²) in [5, 5.41) is 11.9. The van der Waals surface area contributed by atoms with Gasteiger partial charge in [-0.2, -0.15) is 0 Å². The van der Waals surface area contributed by atoms with Crippen molar-refractivity contribution >= 4 is 76.2 Å².